The normalized spacial score (nSPS) is 16.8. The molecule has 0 N–H and O–H groups in total. The quantitative estimate of drug-likeness (QED) is 0.242. The fourth-order valence-corrected chi connectivity index (χ4v) is 15.5. The van der Waals surface area contributed by atoms with E-state index in [2.05, 4.69) is 172 Å². The molecule has 1 unspecified atom stereocenters. The van der Waals surface area contributed by atoms with E-state index in [1.54, 1.807) is 25.0 Å². The molecule has 1 atom stereocenters. The third-order valence-corrected chi connectivity index (χ3v) is 18.0. The first-order valence-electron chi connectivity index (χ1n) is 16.5. The summed E-state index contributed by atoms with van der Waals surface area (Å²) in [7, 11) is -2.81. The Hall–Kier alpha value is -1.06. The molecule has 248 valence electrons. The molecule has 5 heteroatoms. The molecule has 46 heavy (non-hydrogen) atoms. The van der Waals surface area contributed by atoms with Gasteiger partial charge in [-0.05, 0) is 0 Å². The molecule has 0 fully saturated rings. The van der Waals surface area contributed by atoms with Gasteiger partial charge in [-0.1, -0.05) is 0 Å². The number of hydrogen-bond donors (Lipinski definition) is 0. The zero-order chi connectivity index (χ0) is 32.2. The van der Waals surface area contributed by atoms with Crippen molar-refractivity contribution in [2.24, 2.45) is 0 Å². The van der Waals surface area contributed by atoms with Crippen molar-refractivity contribution in [1.82, 2.24) is 0 Å². The summed E-state index contributed by atoms with van der Waals surface area (Å²) < 4.78 is 1.55. The second-order valence-corrected chi connectivity index (χ2v) is 19.9. The molecule has 0 spiro atoms. The molecule has 4 rings (SSSR count). The van der Waals surface area contributed by atoms with Crippen molar-refractivity contribution in [1.29, 1.82) is 0 Å². The minimum Gasteiger partial charge on any atom is -1.00 e. The van der Waals surface area contributed by atoms with Gasteiger partial charge < -0.3 is 37.2 Å². The van der Waals surface area contributed by atoms with Crippen molar-refractivity contribution in [3.63, 3.8) is 0 Å². The van der Waals surface area contributed by atoms with Crippen LogP contribution in [0.3, 0.4) is 0 Å². The third-order valence-electron chi connectivity index (χ3n) is 10.6. The van der Waals surface area contributed by atoms with E-state index in [9.17, 15) is 0 Å². The van der Waals surface area contributed by atoms with Crippen LogP contribution in [0.25, 0.3) is 0 Å². The number of halogens is 3. The molecule has 1 aliphatic carbocycles. The molecule has 3 aromatic rings. The summed E-state index contributed by atoms with van der Waals surface area (Å²) in [6, 6.07) is 23.0. The number of hydrogen-bond acceptors (Lipinski definition) is 0. The smallest absolute Gasteiger partial charge is 1.00 e. The minimum atomic E-state index is -2.81. The Morgan fingerprint density at radius 3 is 1.04 bits per heavy atom. The maximum absolute atomic E-state index is 2.81. The third kappa shape index (κ3) is 7.27. The maximum atomic E-state index is 2.63. The van der Waals surface area contributed by atoms with Crippen LogP contribution in [-0.2, 0) is 20.4 Å². The van der Waals surface area contributed by atoms with Crippen LogP contribution in [0.2, 0.25) is 5.04 Å². The Morgan fingerprint density at radius 1 is 0.478 bits per heavy atom. The molecule has 0 radical (unpaired) electrons. The van der Waals surface area contributed by atoms with E-state index >= 15 is 0 Å². The molecule has 0 nitrogen and oxygen atoms in total. The van der Waals surface area contributed by atoms with Crippen LogP contribution in [0.1, 0.15) is 140 Å². The van der Waals surface area contributed by atoms with E-state index in [4.69, 9.17) is 0 Å². The summed E-state index contributed by atoms with van der Waals surface area (Å²) in [6.07, 6.45) is 0. The number of allylic oxidation sites excluding steroid dienone is 4. The summed E-state index contributed by atoms with van der Waals surface area (Å²) in [5.74, 6) is 1.85. The molecule has 0 bridgehead atoms. The van der Waals surface area contributed by atoms with Crippen LogP contribution in [0.5, 0.6) is 0 Å². The van der Waals surface area contributed by atoms with Crippen molar-refractivity contribution >= 4 is 23.6 Å². The van der Waals surface area contributed by atoms with Gasteiger partial charge in [-0.25, -0.2) is 0 Å². The van der Waals surface area contributed by atoms with Crippen LogP contribution in [0, 0.1) is 13.8 Å². The van der Waals surface area contributed by atoms with Gasteiger partial charge >= 0.3 is 278 Å². The van der Waals surface area contributed by atoms with Crippen LogP contribution in [0.4, 0.5) is 0 Å². The number of aryl methyl sites for hydroxylation is 2. The molecule has 0 saturated carbocycles. The zero-order valence-corrected chi connectivity index (χ0v) is 35.5. The molecule has 0 amide bonds. The van der Waals surface area contributed by atoms with Crippen LogP contribution in [-0.4, -0.2) is 8.07 Å². The topological polar surface area (TPSA) is 0 Å². The van der Waals surface area contributed by atoms with Gasteiger partial charge in [0.25, 0.3) is 0 Å². The van der Waals surface area contributed by atoms with Gasteiger partial charge in [-0.2, -0.15) is 0 Å². The Kier molecular flexibility index (Phi) is 15.0. The van der Waals surface area contributed by atoms with E-state index in [1.807, 2.05) is 0 Å². The Bertz CT molecular complexity index is 1450. The Morgan fingerprint density at radius 2 is 0.783 bits per heavy atom. The van der Waals surface area contributed by atoms with Gasteiger partial charge in [0, 0.05) is 0 Å². The second-order valence-electron chi connectivity index (χ2n) is 14.9. The molecular formula is C41H55Cl3SiTi. The van der Waals surface area contributed by atoms with Crippen molar-refractivity contribution in [3.8, 4) is 0 Å². The molecule has 0 aromatic heterocycles. The first-order chi connectivity index (χ1) is 20.0. The van der Waals surface area contributed by atoms with Gasteiger partial charge in [-0.3, -0.25) is 0 Å². The van der Waals surface area contributed by atoms with E-state index in [1.165, 1.54) is 44.5 Å². The van der Waals surface area contributed by atoms with E-state index in [0.717, 1.165) is 0 Å². The molecular weight excluding hydrogens is 675 g/mol. The predicted molar refractivity (Wildman–Crippen MR) is 189 cm³/mol. The van der Waals surface area contributed by atoms with Crippen LogP contribution >= 0.6 is 0 Å². The van der Waals surface area contributed by atoms with Crippen molar-refractivity contribution in [2.75, 3.05) is 0 Å². The average molecular weight is 730 g/mol. The Labute approximate surface area is 313 Å². The molecule has 3 aromatic carbocycles. The van der Waals surface area contributed by atoms with E-state index < -0.39 is 8.07 Å². The predicted octanol–water partition coefficient (Wildman–Crippen LogP) is 1.21. The van der Waals surface area contributed by atoms with Gasteiger partial charge in [0.05, 0.1) is 0 Å². The number of benzene rings is 3. The first kappa shape index (κ1) is 43.0. The summed E-state index contributed by atoms with van der Waals surface area (Å²) in [5.41, 5.74) is 13.1. The van der Waals surface area contributed by atoms with Crippen LogP contribution < -0.4 is 52.8 Å². The SMILES string of the molecule is CC1=C(C)C(C)([Si](c2cc(C)cc(C)c2)(c2cc(C(C)C)cc(C(C)C)c2)c2cc(C(C)C)cc(C(C)C)c2)[C]([Ti+3])=C1C.[Cl-].[Cl-].[Cl-]. The number of rotatable bonds is 8. The van der Waals surface area contributed by atoms with E-state index in [0.29, 0.717) is 23.7 Å². The van der Waals surface area contributed by atoms with Gasteiger partial charge in [-0.15, -0.1) is 0 Å². The summed E-state index contributed by atoms with van der Waals surface area (Å²) in [6.45, 7) is 33.3. The summed E-state index contributed by atoms with van der Waals surface area (Å²) in [5, 5.41) is 4.55. The van der Waals surface area contributed by atoms with Gasteiger partial charge in [0.15, 0.2) is 0 Å². The fourth-order valence-electron chi connectivity index (χ4n) is 7.55. The van der Waals surface area contributed by atoms with Crippen molar-refractivity contribution in [3.05, 3.63) is 109 Å². The molecule has 0 aliphatic heterocycles. The fraction of sp³-hybridized carbons (Fsp3) is 0.463. The van der Waals surface area contributed by atoms with Crippen molar-refractivity contribution in [2.45, 2.75) is 126 Å². The van der Waals surface area contributed by atoms with Gasteiger partial charge in [0.1, 0.15) is 0 Å². The largest absolute Gasteiger partial charge is 1.00 e. The molecule has 0 saturated heterocycles. The van der Waals surface area contributed by atoms with Gasteiger partial charge in [0.2, 0.25) is 0 Å². The van der Waals surface area contributed by atoms with Crippen LogP contribution in [0.15, 0.2) is 75.2 Å². The average Bonchev–Trinajstić information content (AvgIpc) is 3.08. The zero-order valence-electron chi connectivity index (χ0n) is 30.6. The minimum absolute atomic E-state index is 0. The van der Waals surface area contributed by atoms with E-state index in [-0.39, 0.29) is 42.3 Å². The Balaban J connectivity index is 0.00000353. The summed E-state index contributed by atoms with van der Waals surface area (Å²) >= 11 is 2.45. The second kappa shape index (κ2) is 16.1. The maximum Gasteiger partial charge on any atom is -1.00 e. The standard InChI is InChI=1S/C41H55Si.3ClH.Ti/c1-25(2)34-18-35(26(3)4)21-39(20-34)42(38-16-29(9)15-30(10)17-38,41(14)24-31(11)32(12)33(41)13)40-22-36(27(5)6)19-37(23-40)28(7)8;;;;/h15-23,25-28H,1-14H3;3*1H;/q;;;;+3/p-3. The van der Waals surface area contributed by atoms with Crippen molar-refractivity contribution < 1.29 is 57.7 Å². The molecule has 0 heterocycles. The monoisotopic (exact) mass is 728 g/mol. The molecule has 1 aliphatic rings. The first-order valence-corrected chi connectivity index (χ1v) is 19.3. The summed E-state index contributed by atoms with van der Waals surface area (Å²) in [4.78, 5) is 0.